The molecule has 1 saturated heterocycles. The number of carbonyl (C=O) groups excluding carboxylic acids is 1. The predicted molar refractivity (Wildman–Crippen MR) is 153 cm³/mol. The van der Waals surface area contributed by atoms with Crippen molar-refractivity contribution >= 4 is 34.6 Å². The molecule has 2 amide bonds. The van der Waals surface area contributed by atoms with Gasteiger partial charge in [-0.05, 0) is 48.4 Å². The van der Waals surface area contributed by atoms with Gasteiger partial charge in [-0.25, -0.2) is 19.2 Å². The van der Waals surface area contributed by atoms with Crippen molar-refractivity contribution in [1.29, 1.82) is 0 Å². The SMILES string of the molecule is CN(C(=O)NCCCn1c(-c2ccc(N3CCOCC3)cc2)cs/c1=N\c1ccc(F)cn1)c1ccccc1. The van der Waals surface area contributed by atoms with Crippen LogP contribution in [0.2, 0.25) is 0 Å². The molecule has 5 rings (SSSR count). The topological polar surface area (TPSA) is 75.0 Å². The lowest BCUT2D eigenvalue weighted by molar-refractivity contribution is 0.122. The minimum atomic E-state index is -0.398. The van der Waals surface area contributed by atoms with E-state index >= 15 is 0 Å². The van der Waals surface area contributed by atoms with Crippen LogP contribution >= 0.6 is 11.3 Å². The van der Waals surface area contributed by atoms with Crippen molar-refractivity contribution in [2.45, 2.75) is 13.0 Å². The molecule has 0 saturated carbocycles. The van der Waals surface area contributed by atoms with Crippen LogP contribution in [0.25, 0.3) is 11.3 Å². The Balaban J connectivity index is 1.33. The number of benzene rings is 2. The molecular formula is C29H31FN6O2S. The first-order valence-electron chi connectivity index (χ1n) is 12.9. The summed E-state index contributed by atoms with van der Waals surface area (Å²) in [5.41, 5.74) is 4.11. The summed E-state index contributed by atoms with van der Waals surface area (Å²) in [5.74, 6) is 0.0456. The summed E-state index contributed by atoms with van der Waals surface area (Å²) < 4.78 is 21.0. The normalized spacial score (nSPS) is 13.9. The van der Waals surface area contributed by atoms with Crippen molar-refractivity contribution in [3.05, 3.63) is 88.9 Å². The Labute approximate surface area is 231 Å². The molecule has 0 atom stereocenters. The number of urea groups is 1. The van der Waals surface area contributed by atoms with Crippen LogP contribution in [0.3, 0.4) is 0 Å². The largest absolute Gasteiger partial charge is 0.378 e. The summed E-state index contributed by atoms with van der Waals surface area (Å²) in [6, 6.07) is 20.8. The minimum absolute atomic E-state index is 0.157. The Hall–Kier alpha value is -4.02. The summed E-state index contributed by atoms with van der Waals surface area (Å²) >= 11 is 1.51. The van der Waals surface area contributed by atoms with Crippen LogP contribution in [-0.2, 0) is 11.3 Å². The average Bonchev–Trinajstić information content (AvgIpc) is 3.39. The summed E-state index contributed by atoms with van der Waals surface area (Å²) in [6.07, 6.45) is 1.87. The highest BCUT2D eigenvalue weighted by Crippen LogP contribution is 2.25. The average molecular weight is 547 g/mol. The molecule has 10 heteroatoms. The number of rotatable bonds is 8. The van der Waals surface area contributed by atoms with Crippen molar-refractivity contribution < 1.29 is 13.9 Å². The van der Waals surface area contributed by atoms with Gasteiger partial charge in [-0.1, -0.05) is 30.3 Å². The molecule has 39 heavy (non-hydrogen) atoms. The number of morpholine rings is 1. The van der Waals surface area contributed by atoms with Gasteiger partial charge in [-0.2, -0.15) is 0 Å². The Bertz CT molecular complexity index is 1430. The fraction of sp³-hybridized carbons (Fsp3) is 0.276. The Morgan fingerprint density at radius 1 is 1.10 bits per heavy atom. The number of hydrogen-bond acceptors (Lipinski definition) is 6. The van der Waals surface area contributed by atoms with E-state index in [4.69, 9.17) is 4.74 Å². The maximum absolute atomic E-state index is 13.4. The number of hydrogen-bond donors (Lipinski definition) is 1. The molecule has 1 N–H and O–H groups in total. The first kappa shape index (κ1) is 26.6. The summed E-state index contributed by atoms with van der Waals surface area (Å²) in [7, 11) is 1.75. The molecule has 2 aromatic heterocycles. The lowest BCUT2D eigenvalue weighted by Crippen LogP contribution is -2.38. The lowest BCUT2D eigenvalue weighted by Gasteiger charge is -2.28. The van der Waals surface area contributed by atoms with Gasteiger partial charge < -0.3 is 19.5 Å². The van der Waals surface area contributed by atoms with Crippen LogP contribution in [0.4, 0.5) is 26.4 Å². The van der Waals surface area contributed by atoms with Gasteiger partial charge in [0.2, 0.25) is 0 Å². The quantitative estimate of drug-likeness (QED) is 0.314. The molecule has 0 spiro atoms. The third kappa shape index (κ3) is 6.71. The van der Waals surface area contributed by atoms with E-state index in [1.807, 2.05) is 30.3 Å². The van der Waals surface area contributed by atoms with Crippen LogP contribution < -0.4 is 19.9 Å². The zero-order valence-electron chi connectivity index (χ0n) is 21.8. The molecule has 0 aliphatic carbocycles. The number of thiazole rings is 1. The van der Waals surface area contributed by atoms with E-state index in [1.165, 1.54) is 29.3 Å². The molecule has 2 aromatic carbocycles. The van der Waals surface area contributed by atoms with E-state index in [0.29, 0.717) is 25.3 Å². The molecular weight excluding hydrogens is 515 g/mol. The Morgan fingerprint density at radius 2 is 1.87 bits per heavy atom. The fourth-order valence-corrected chi connectivity index (χ4v) is 5.33. The zero-order chi connectivity index (χ0) is 27.0. The fourth-order valence-electron chi connectivity index (χ4n) is 4.38. The van der Waals surface area contributed by atoms with Gasteiger partial charge in [0.15, 0.2) is 10.6 Å². The van der Waals surface area contributed by atoms with Crippen LogP contribution in [0.5, 0.6) is 0 Å². The molecule has 3 heterocycles. The smallest absolute Gasteiger partial charge is 0.321 e. The van der Waals surface area contributed by atoms with Gasteiger partial charge in [0, 0.05) is 50.0 Å². The van der Waals surface area contributed by atoms with Crippen molar-refractivity contribution in [3.8, 4) is 11.3 Å². The van der Waals surface area contributed by atoms with Gasteiger partial charge in [0.1, 0.15) is 5.82 Å². The zero-order valence-corrected chi connectivity index (χ0v) is 22.6. The summed E-state index contributed by atoms with van der Waals surface area (Å²) in [4.78, 5) is 26.1. The molecule has 8 nitrogen and oxygen atoms in total. The third-order valence-corrected chi connectivity index (χ3v) is 7.41. The number of pyridine rings is 1. The van der Waals surface area contributed by atoms with Gasteiger partial charge in [0.05, 0.1) is 25.1 Å². The van der Waals surface area contributed by atoms with Gasteiger partial charge >= 0.3 is 6.03 Å². The molecule has 1 fully saturated rings. The van der Waals surface area contributed by atoms with Gasteiger partial charge in [-0.3, -0.25) is 4.90 Å². The van der Waals surface area contributed by atoms with Gasteiger partial charge in [0.25, 0.3) is 0 Å². The van der Waals surface area contributed by atoms with Crippen LogP contribution in [0.15, 0.2) is 83.3 Å². The number of nitrogens with zero attached hydrogens (tertiary/aromatic N) is 5. The molecule has 202 valence electrons. The number of ether oxygens (including phenoxy) is 1. The van der Waals surface area contributed by atoms with E-state index in [-0.39, 0.29) is 6.03 Å². The van der Waals surface area contributed by atoms with Crippen LogP contribution in [0, 0.1) is 5.82 Å². The van der Waals surface area contributed by atoms with Crippen molar-refractivity contribution in [2.24, 2.45) is 4.99 Å². The highest BCUT2D eigenvalue weighted by atomic mass is 32.1. The molecule has 4 aromatic rings. The van der Waals surface area contributed by atoms with E-state index in [1.54, 1.807) is 18.0 Å². The van der Waals surface area contributed by atoms with Crippen molar-refractivity contribution in [1.82, 2.24) is 14.9 Å². The number of carbonyl (C=O) groups is 1. The molecule has 0 unspecified atom stereocenters. The molecule has 0 radical (unpaired) electrons. The summed E-state index contributed by atoms with van der Waals surface area (Å²) in [6.45, 7) is 4.40. The first-order valence-corrected chi connectivity index (χ1v) is 13.8. The number of halogens is 1. The second-order valence-electron chi connectivity index (χ2n) is 9.13. The van der Waals surface area contributed by atoms with E-state index in [9.17, 15) is 9.18 Å². The molecule has 0 bridgehead atoms. The standard InChI is InChI=1S/C29H31FN6O2S/c1-34(24-6-3-2-4-7-24)28(37)31-14-5-15-36-26(21-39-29(36)33-27-13-10-23(30)20-32-27)22-8-11-25(12-9-22)35-16-18-38-19-17-35/h2-4,6-13,20-21H,5,14-19H2,1H3,(H,31,37)/b33-29-. The predicted octanol–water partition coefficient (Wildman–Crippen LogP) is 5.06. The number of aromatic nitrogens is 2. The monoisotopic (exact) mass is 546 g/mol. The Kier molecular flexibility index (Phi) is 8.65. The van der Waals surface area contributed by atoms with Gasteiger partial charge in [-0.15, -0.1) is 11.3 Å². The van der Waals surface area contributed by atoms with Crippen molar-refractivity contribution in [3.63, 3.8) is 0 Å². The number of amides is 2. The highest BCUT2D eigenvalue weighted by molar-refractivity contribution is 7.07. The van der Waals surface area contributed by atoms with E-state index in [2.05, 4.69) is 54.4 Å². The summed E-state index contributed by atoms with van der Waals surface area (Å²) in [5, 5.41) is 5.08. The van der Waals surface area contributed by atoms with Crippen molar-refractivity contribution in [2.75, 3.05) is 49.7 Å². The molecule has 1 aliphatic heterocycles. The van der Waals surface area contributed by atoms with Crippen LogP contribution in [-0.4, -0.2) is 55.5 Å². The van der Waals surface area contributed by atoms with E-state index < -0.39 is 5.82 Å². The minimum Gasteiger partial charge on any atom is -0.378 e. The van der Waals surface area contributed by atoms with E-state index in [0.717, 1.165) is 48.0 Å². The Morgan fingerprint density at radius 3 is 2.59 bits per heavy atom. The molecule has 1 aliphatic rings. The maximum Gasteiger partial charge on any atom is 0.321 e. The lowest BCUT2D eigenvalue weighted by atomic mass is 10.1. The maximum atomic E-state index is 13.4. The second-order valence-corrected chi connectivity index (χ2v) is 9.96. The first-order chi connectivity index (χ1) is 19.1. The highest BCUT2D eigenvalue weighted by Gasteiger charge is 2.14. The number of nitrogens with one attached hydrogen (secondary N) is 1. The third-order valence-electron chi connectivity index (χ3n) is 6.54. The second kappa shape index (κ2) is 12.7. The van der Waals surface area contributed by atoms with Crippen LogP contribution in [0.1, 0.15) is 6.42 Å². The number of para-hydroxylation sites is 1. The number of anilines is 2.